The maximum atomic E-state index is 12.6. The molecule has 1 aliphatic heterocycles. The third-order valence-electron chi connectivity index (χ3n) is 4.76. The predicted molar refractivity (Wildman–Crippen MR) is 91.7 cm³/mol. The minimum Gasteiger partial charge on any atom is -0.349 e. The molecule has 3 heterocycles. The lowest BCUT2D eigenvalue weighted by atomic mass is 10.0. The van der Waals surface area contributed by atoms with E-state index in [1.165, 1.54) is 0 Å². The van der Waals surface area contributed by atoms with Crippen molar-refractivity contribution in [3.05, 3.63) is 28.6 Å². The Bertz CT molecular complexity index is 728. The van der Waals surface area contributed by atoms with E-state index in [-0.39, 0.29) is 17.9 Å². The van der Waals surface area contributed by atoms with Gasteiger partial charge in [0.05, 0.1) is 17.5 Å². The van der Waals surface area contributed by atoms with Gasteiger partial charge in [0.25, 0.3) is 5.91 Å². The van der Waals surface area contributed by atoms with Crippen LogP contribution in [0.25, 0.3) is 11.3 Å². The number of hydrogen-bond acceptors (Lipinski definition) is 4. The van der Waals surface area contributed by atoms with Gasteiger partial charge in [-0.05, 0) is 37.1 Å². The number of nitrogens with one attached hydrogen (secondary N) is 2. The van der Waals surface area contributed by atoms with Crippen LogP contribution in [0.3, 0.4) is 0 Å². The van der Waals surface area contributed by atoms with E-state index in [0.29, 0.717) is 11.5 Å². The minimum absolute atomic E-state index is 0.100. The molecule has 1 saturated heterocycles. The number of amides is 2. The molecule has 1 saturated carbocycles. The van der Waals surface area contributed by atoms with E-state index in [9.17, 15) is 9.59 Å². The SMILES string of the molecule is O=C(NC1CCN(C(=O)C2CC2)CC1)c1cn[nH]c1-c1ccsc1. The van der Waals surface area contributed by atoms with Crippen LogP contribution in [0.1, 0.15) is 36.0 Å². The van der Waals surface area contributed by atoms with Crippen molar-refractivity contribution in [3.8, 4) is 11.3 Å². The molecule has 0 bridgehead atoms. The summed E-state index contributed by atoms with van der Waals surface area (Å²) >= 11 is 1.59. The van der Waals surface area contributed by atoms with Crippen LogP contribution in [0.4, 0.5) is 0 Å². The highest BCUT2D eigenvalue weighted by atomic mass is 32.1. The average Bonchev–Trinajstić information content (AvgIpc) is 3.10. The van der Waals surface area contributed by atoms with E-state index < -0.39 is 0 Å². The largest absolute Gasteiger partial charge is 0.349 e. The van der Waals surface area contributed by atoms with Crippen molar-refractivity contribution < 1.29 is 9.59 Å². The molecule has 1 aliphatic carbocycles. The molecule has 7 heteroatoms. The van der Waals surface area contributed by atoms with E-state index >= 15 is 0 Å². The molecule has 4 rings (SSSR count). The quantitative estimate of drug-likeness (QED) is 0.893. The van der Waals surface area contributed by atoms with Gasteiger partial charge in [-0.15, -0.1) is 0 Å². The molecule has 2 fully saturated rings. The summed E-state index contributed by atoms with van der Waals surface area (Å²) in [6, 6.07) is 2.09. The molecule has 0 unspecified atom stereocenters. The monoisotopic (exact) mass is 344 g/mol. The van der Waals surface area contributed by atoms with Crippen LogP contribution in [0, 0.1) is 5.92 Å². The first-order valence-electron chi connectivity index (χ1n) is 8.38. The van der Waals surface area contributed by atoms with Crippen LogP contribution in [-0.4, -0.2) is 46.0 Å². The standard InChI is InChI=1S/C17H20N4O2S/c22-16(14-9-18-20-15(14)12-5-8-24-10-12)19-13-3-6-21(7-4-13)17(23)11-1-2-11/h5,8-11,13H,1-4,6-7H2,(H,18,20)(H,19,22). The van der Waals surface area contributed by atoms with Gasteiger partial charge in [0.2, 0.25) is 5.91 Å². The Morgan fingerprint density at radius 2 is 2.04 bits per heavy atom. The second-order valence-electron chi connectivity index (χ2n) is 6.52. The number of likely N-dealkylation sites (tertiary alicyclic amines) is 1. The number of rotatable bonds is 4. The van der Waals surface area contributed by atoms with E-state index in [4.69, 9.17) is 0 Å². The zero-order valence-electron chi connectivity index (χ0n) is 13.3. The molecule has 0 spiro atoms. The molecular weight excluding hydrogens is 324 g/mol. The molecule has 2 aromatic rings. The molecule has 2 aliphatic rings. The second kappa shape index (κ2) is 6.39. The Morgan fingerprint density at radius 1 is 1.25 bits per heavy atom. The van der Waals surface area contributed by atoms with Gasteiger partial charge in [-0.25, -0.2) is 0 Å². The Hall–Kier alpha value is -2.15. The summed E-state index contributed by atoms with van der Waals surface area (Å²) in [5.41, 5.74) is 2.31. The van der Waals surface area contributed by atoms with Gasteiger partial charge >= 0.3 is 0 Å². The van der Waals surface area contributed by atoms with Crippen molar-refractivity contribution in [2.45, 2.75) is 31.7 Å². The average molecular weight is 344 g/mol. The molecule has 2 aromatic heterocycles. The van der Waals surface area contributed by atoms with E-state index in [2.05, 4.69) is 15.5 Å². The number of carbonyl (C=O) groups excluding carboxylic acids is 2. The summed E-state index contributed by atoms with van der Waals surface area (Å²) in [5, 5.41) is 14.0. The van der Waals surface area contributed by atoms with Crippen molar-refractivity contribution in [1.29, 1.82) is 0 Å². The highest BCUT2D eigenvalue weighted by Gasteiger charge is 2.35. The number of thiophene rings is 1. The van der Waals surface area contributed by atoms with Crippen molar-refractivity contribution in [2.24, 2.45) is 5.92 Å². The molecule has 6 nitrogen and oxygen atoms in total. The maximum absolute atomic E-state index is 12.6. The van der Waals surface area contributed by atoms with Gasteiger partial charge in [0.15, 0.2) is 0 Å². The summed E-state index contributed by atoms with van der Waals surface area (Å²) in [4.78, 5) is 26.6. The number of aromatic amines is 1. The smallest absolute Gasteiger partial charge is 0.255 e. The number of aromatic nitrogens is 2. The van der Waals surface area contributed by atoms with Crippen LogP contribution in [0.5, 0.6) is 0 Å². The van der Waals surface area contributed by atoms with Crippen molar-refractivity contribution in [3.63, 3.8) is 0 Å². The van der Waals surface area contributed by atoms with Gasteiger partial charge in [-0.2, -0.15) is 16.4 Å². The van der Waals surface area contributed by atoms with Crippen molar-refractivity contribution >= 4 is 23.2 Å². The molecule has 0 radical (unpaired) electrons. The fourth-order valence-electron chi connectivity index (χ4n) is 3.18. The first kappa shape index (κ1) is 15.4. The zero-order valence-corrected chi connectivity index (χ0v) is 14.1. The predicted octanol–water partition coefficient (Wildman–Crippen LogP) is 2.27. The lowest BCUT2D eigenvalue weighted by Crippen LogP contribution is -2.47. The summed E-state index contributed by atoms with van der Waals surface area (Å²) in [5.74, 6) is 0.474. The van der Waals surface area contributed by atoms with Gasteiger partial charge in [0, 0.05) is 36.0 Å². The van der Waals surface area contributed by atoms with Crippen LogP contribution < -0.4 is 5.32 Å². The summed E-state index contributed by atoms with van der Waals surface area (Å²) in [6.07, 6.45) is 5.29. The van der Waals surface area contributed by atoms with Gasteiger partial charge in [0.1, 0.15) is 0 Å². The lowest BCUT2D eigenvalue weighted by Gasteiger charge is -2.32. The Kier molecular flexibility index (Phi) is 4.10. The molecule has 2 N–H and O–H groups in total. The first-order valence-corrected chi connectivity index (χ1v) is 9.32. The van der Waals surface area contributed by atoms with Gasteiger partial charge in [-0.3, -0.25) is 14.7 Å². The van der Waals surface area contributed by atoms with Gasteiger partial charge < -0.3 is 10.2 Å². The molecule has 0 atom stereocenters. The summed E-state index contributed by atoms with van der Waals surface area (Å²) in [6.45, 7) is 1.48. The highest BCUT2D eigenvalue weighted by Crippen LogP contribution is 2.32. The topological polar surface area (TPSA) is 78.1 Å². The lowest BCUT2D eigenvalue weighted by molar-refractivity contribution is -0.133. The number of carbonyl (C=O) groups is 2. The number of piperidine rings is 1. The van der Waals surface area contributed by atoms with Crippen LogP contribution >= 0.6 is 11.3 Å². The number of hydrogen-bond donors (Lipinski definition) is 2. The number of H-pyrrole nitrogens is 1. The Balaban J connectivity index is 1.36. The van der Waals surface area contributed by atoms with E-state index in [0.717, 1.165) is 50.0 Å². The molecule has 24 heavy (non-hydrogen) atoms. The molecule has 2 amide bonds. The second-order valence-corrected chi connectivity index (χ2v) is 7.30. The molecule has 126 valence electrons. The first-order chi connectivity index (χ1) is 11.7. The van der Waals surface area contributed by atoms with E-state index in [1.807, 2.05) is 21.7 Å². The van der Waals surface area contributed by atoms with Crippen molar-refractivity contribution in [2.75, 3.05) is 13.1 Å². The van der Waals surface area contributed by atoms with E-state index in [1.54, 1.807) is 17.5 Å². The fourth-order valence-corrected chi connectivity index (χ4v) is 3.83. The van der Waals surface area contributed by atoms with Gasteiger partial charge in [-0.1, -0.05) is 0 Å². The summed E-state index contributed by atoms with van der Waals surface area (Å²) < 4.78 is 0. The minimum atomic E-state index is -0.100. The third-order valence-corrected chi connectivity index (χ3v) is 5.45. The Labute approximate surface area is 144 Å². The zero-order chi connectivity index (χ0) is 16.5. The van der Waals surface area contributed by atoms with Crippen LogP contribution in [0.15, 0.2) is 23.0 Å². The molecular formula is C17H20N4O2S. The van der Waals surface area contributed by atoms with Crippen molar-refractivity contribution in [1.82, 2.24) is 20.4 Å². The van der Waals surface area contributed by atoms with Crippen LogP contribution in [-0.2, 0) is 4.79 Å². The number of nitrogens with zero attached hydrogens (tertiary/aromatic N) is 2. The maximum Gasteiger partial charge on any atom is 0.255 e. The summed E-state index contributed by atoms with van der Waals surface area (Å²) in [7, 11) is 0. The fraction of sp³-hybridized carbons (Fsp3) is 0.471. The Morgan fingerprint density at radius 3 is 2.71 bits per heavy atom. The molecule has 0 aromatic carbocycles. The normalized spacial score (nSPS) is 18.6. The third kappa shape index (κ3) is 3.08. The highest BCUT2D eigenvalue weighted by molar-refractivity contribution is 7.08. The van der Waals surface area contributed by atoms with Crippen LogP contribution in [0.2, 0.25) is 0 Å².